The molecule has 0 aliphatic heterocycles. The molecule has 2 N–H and O–H groups in total. The van der Waals surface area contributed by atoms with Crippen LogP contribution in [-0.4, -0.2) is 48.1 Å². The molecule has 0 fully saturated rings. The van der Waals surface area contributed by atoms with Crippen LogP contribution in [0, 0.1) is 11.6 Å². The molecular formula is C13H16F2N2O3. The third kappa shape index (κ3) is 4.27. The number of carbonyl (C=O) groups is 2. The van der Waals surface area contributed by atoms with Gasteiger partial charge in [0.25, 0.3) is 5.91 Å². The summed E-state index contributed by atoms with van der Waals surface area (Å²) in [5.74, 6) is -3.20. The molecule has 0 aromatic heterocycles. The number of halogens is 2. The fourth-order valence-corrected chi connectivity index (χ4v) is 1.59. The summed E-state index contributed by atoms with van der Waals surface area (Å²) in [5.41, 5.74) is -0.0677. The third-order valence-corrected chi connectivity index (χ3v) is 2.69. The van der Waals surface area contributed by atoms with E-state index in [2.05, 4.69) is 5.32 Å². The Morgan fingerprint density at radius 1 is 1.30 bits per heavy atom. The van der Waals surface area contributed by atoms with Crippen molar-refractivity contribution in [3.8, 4) is 0 Å². The molecule has 20 heavy (non-hydrogen) atoms. The molecular weight excluding hydrogens is 270 g/mol. The van der Waals surface area contributed by atoms with E-state index in [0.29, 0.717) is 6.54 Å². The standard InChI is InChI=1S/C13H16F2N2O3/c1-2-17(5-6-18)12(19)8-16-13(20)9-3-4-10(14)11(15)7-9/h3-4,7,18H,2,5-6,8H2,1H3,(H,16,20). The summed E-state index contributed by atoms with van der Waals surface area (Å²) in [7, 11) is 0. The lowest BCUT2D eigenvalue weighted by atomic mass is 10.2. The summed E-state index contributed by atoms with van der Waals surface area (Å²) in [4.78, 5) is 24.7. The zero-order valence-corrected chi connectivity index (χ0v) is 11.0. The number of nitrogens with one attached hydrogen (secondary N) is 1. The van der Waals surface area contributed by atoms with Crippen molar-refractivity contribution in [2.45, 2.75) is 6.92 Å². The fraction of sp³-hybridized carbons (Fsp3) is 0.385. The zero-order chi connectivity index (χ0) is 15.1. The topological polar surface area (TPSA) is 69.6 Å². The highest BCUT2D eigenvalue weighted by atomic mass is 19.2. The number of aliphatic hydroxyl groups is 1. The van der Waals surface area contributed by atoms with E-state index in [1.165, 1.54) is 4.90 Å². The average molecular weight is 286 g/mol. The molecule has 1 aromatic carbocycles. The van der Waals surface area contributed by atoms with Crippen molar-refractivity contribution in [3.63, 3.8) is 0 Å². The normalized spacial score (nSPS) is 10.2. The number of hydrogen-bond donors (Lipinski definition) is 2. The fourth-order valence-electron chi connectivity index (χ4n) is 1.59. The van der Waals surface area contributed by atoms with Crippen LogP contribution in [0.15, 0.2) is 18.2 Å². The van der Waals surface area contributed by atoms with E-state index in [4.69, 9.17) is 5.11 Å². The van der Waals surface area contributed by atoms with Crippen LogP contribution in [0.3, 0.4) is 0 Å². The molecule has 2 amide bonds. The first-order valence-corrected chi connectivity index (χ1v) is 6.11. The summed E-state index contributed by atoms with van der Waals surface area (Å²) in [6.07, 6.45) is 0. The number of rotatable bonds is 6. The van der Waals surface area contributed by atoms with E-state index < -0.39 is 17.5 Å². The Bertz CT molecular complexity index is 495. The Labute approximate surface area is 115 Å². The summed E-state index contributed by atoms with van der Waals surface area (Å²) < 4.78 is 25.7. The van der Waals surface area contributed by atoms with Gasteiger partial charge in [-0.05, 0) is 25.1 Å². The molecule has 0 spiro atoms. The van der Waals surface area contributed by atoms with Crippen molar-refractivity contribution < 1.29 is 23.5 Å². The molecule has 0 aliphatic carbocycles. The Hall–Kier alpha value is -2.02. The predicted octanol–water partition coefficient (Wildman–Crippen LogP) is 0.535. The van der Waals surface area contributed by atoms with Crippen molar-refractivity contribution in [2.75, 3.05) is 26.2 Å². The molecule has 5 nitrogen and oxygen atoms in total. The highest BCUT2D eigenvalue weighted by Crippen LogP contribution is 2.08. The minimum Gasteiger partial charge on any atom is -0.395 e. The minimum atomic E-state index is -1.13. The lowest BCUT2D eigenvalue weighted by molar-refractivity contribution is -0.130. The first-order chi connectivity index (χ1) is 9.49. The van der Waals surface area contributed by atoms with Gasteiger partial charge in [0.2, 0.25) is 5.91 Å². The van der Waals surface area contributed by atoms with Gasteiger partial charge in [-0.25, -0.2) is 8.78 Å². The molecule has 7 heteroatoms. The smallest absolute Gasteiger partial charge is 0.251 e. The molecule has 1 rings (SSSR count). The van der Waals surface area contributed by atoms with E-state index in [1.54, 1.807) is 6.92 Å². The lowest BCUT2D eigenvalue weighted by Crippen LogP contribution is -2.41. The first-order valence-electron chi connectivity index (χ1n) is 6.11. The van der Waals surface area contributed by atoms with Gasteiger partial charge in [0.05, 0.1) is 13.2 Å². The van der Waals surface area contributed by atoms with Gasteiger partial charge in [-0.2, -0.15) is 0 Å². The Balaban J connectivity index is 2.58. The van der Waals surface area contributed by atoms with E-state index in [9.17, 15) is 18.4 Å². The zero-order valence-electron chi connectivity index (χ0n) is 11.0. The molecule has 0 saturated heterocycles. The van der Waals surface area contributed by atoms with Crippen LogP contribution in [0.2, 0.25) is 0 Å². The SMILES string of the molecule is CCN(CCO)C(=O)CNC(=O)c1ccc(F)c(F)c1. The highest BCUT2D eigenvalue weighted by molar-refractivity contribution is 5.96. The molecule has 0 bridgehead atoms. The van der Waals surface area contributed by atoms with Crippen LogP contribution in [0.25, 0.3) is 0 Å². The van der Waals surface area contributed by atoms with Gasteiger partial charge < -0.3 is 15.3 Å². The number of benzene rings is 1. The van der Waals surface area contributed by atoms with Crippen LogP contribution in [0.1, 0.15) is 17.3 Å². The quantitative estimate of drug-likeness (QED) is 0.801. The van der Waals surface area contributed by atoms with Gasteiger partial charge in [0, 0.05) is 18.7 Å². The van der Waals surface area contributed by atoms with Gasteiger partial charge in [-0.3, -0.25) is 9.59 Å². The highest BCUT2D eigenvalue weighted by Gasteiger charge is 2.14. The van der Waals surface area contributed by atoms with Gasteiger partial charge in [-0.15, -0.1) is 0 Å². The van der Waals surface area contributed by atoms with E-state index in [-0.39, 0.29) is 31.2 Å². The van der Waals surface area contributed by atoms with Crippen molar-refractivity contribution in [1.29, 1.82) is 0 Å². The van der Waals surface area contributed by atoms with Gasteiger partial charge in [0.1, 0.15) is 0 Å². The maximum atomic E-state index is 13.0. The second-order valence-corrected chi connectivity index (χ2v) is 4.01. The average Bonchev–Trinajstić information content (AvgIpc) is 2.44. The molecule has 0 aliphatic rings. The van der Waals surface area contributed by atoms with Crippen LogP contribution in [0.4, 0.5) is 8.78 Å². The Morgan fingerprint density at radius 2 is 2.00 bits per heavy atom. The molecule has 0 atom stereocenters. The maximum absolute atomic E-state index is 13.0. The second-order valence-electron chi connectivity index (χ2n) is 4.01. The summed E-state index contributed by atoms with van der Waals surface area (Å²) in [6.45, 7) is 1.88. The molecule has 0 saturated carbocycles. The molecule has 0 unspecified atom stereocenters. The minimum absolute atomic E-state index is 0.0677. The van der Waals surface area contributed by atoms with E-state index >= 15 is 0 Å². The Morgan fingerprint density at radius 3 is 2.55 bits per heavy atom. The number of hydrogen-bond acceptors (Lipinski definition) is 3. The van der Waals surface area contributed by atoms with Crippen LogP contribution in [0.5, 0.6) is 0 Å². The summed E-state index contributed by atoms with van der Waals surface area (Å²) in [5, 5.41) is 11.1. The van der Waals surface area contributed by atoms with Gasteiger partial charge >= 0.3 is 0 Å². The lowest BCUT2D eigenvalue weighted by Gasteiger charge is -2.19. The van der Waals surface area contributed by atoms with Crippen molar-refractivity contribution in [1.82, 2.24) is 10.2 Å². The summed E-state index contributed by atoms with van der Waals surface area (Å²) >= 11 is 0. The molecule has 1 aromatic rings. The number of amides is 2. The third-order valence-electron chi connectivity index (χ3n) is 2.69. The van der Waals surface area contributed by atoms with Crippen LogP contribution >= 0.6 is 0 Å². The largest absolute Gasteiger partial charge is 0.395 e. The van der Waals surface area contributed by atoms with Crippen LogP contribution < -0.4 is 5.32 Å². The van der Waals surface area contributed by atoms with E-state index in [0.717, 1.165) is 18.2 Å². The molecule has 0 heterocycles. The van der Waals surface area contributed by atoms with Gasteiger partial charge in [-0.1, -0.05) is 0 Å². The molecule has 110 valence electrons. The predicted molar refractivity (Wildman–Crippen MR) is 68.0 cm³/mol. The number of carbonyl (C=O) groups excluding carboxylic acids is 2. The number of aliphatic hydroxyl groups excluding tert-OH is 1. The van der Waals surface area contributed by atoms with Gasteiger partial charge in [0.15, 0.2) is 11.6 Å². The second kappa shape index (κ2) is 7.54. The van der Waals surface area contributed by atoms with E-state index in [1.807, 2.05) is 0 Å². The summed E-state index contributed by atoms with van der Waals surface area (Å²) in [6, 6.07) is 2.74. The Kier molecular flexibility index (Phi) is 6.05. The first kappa shape index (κ1) is 16.0. The monoisotopic (exact) mass is 286 g/mol. The molecule has 0 radical (unpaired) electrons. The van der Waals surface area contributed by atoms with Crippen molar-refractivity contribution in [2.24, 2.45) is 0 Å². The van der Waals surface area contributed by atoms with Crippen molar-refractivity contribution >= 4 is 11.8 Å². The number of likely N-dealkylation sites (N-methyl/N-ethyl adjacent to an activating group) is 1. The number of nitrogens with zero attached hydrogens (tertiary/aromatic N) is 1. The van der Waals surface area contributed by atoms with Crippen molar-refractivity contribution in [3.05, 3.63) is 35.4 Å². The van der Waals surface area contributed by atoms with Crippen LogP contribution in [-0.2, 0) is 4.79 Å². The maximum Gasteiger partial charge on any atom is 0.251 e.